The van der Waals surface area contributed by atoms with Gasteiger partial charge in [0.1, 0.15) is 11.6 Å². The van der Waals surface area contributed by atoms with E-state index in [4.69, 9.17) is 0 Å². The Hall–Kier alpha value is -3.13. The van der Waals surface area contributed by atoms with Gasteiger partial charge in [-0.3, -0.25) is 0 Å². The Morgan fingerprint density at radius 3 is 2.23 bits per heavy atom. The highest BCUT2D eigenvalue weighted by molar-refractivity contribution is 5.48. The number of fused-ring (bicyclic) bond motifs is 1. The van der Waals surface area contributed by atoms with Crippen molar-refractivity contribution in [1.29, 1.82) is 0 Å². The summed E-state index contributed by atoms with van der Waals surface area (Å²) in [7, 11) is 0. The average Bonchev–Trinajstić information content (AvgIpc) is 2.75. The highest BCUT2D eigenvalue weighted by Crippen LogP contribution is 2.35. The van der Waals surface area contributed by atoms with Crippen molar-refractivity contribution >= 4 is 0 Å². The summed E-state index contributed by atoms with van der Waals surface area (Å²) in [5, 5.41) is 0. The van der Waals surface area contributed by atoms with Crippen LogP contribution in [0.2, 0.25) is 0 Å². The SMILES string of the molecule is CCc1ccc(C2CCc3cc(C#Cc4cc(F)c(F)c(F)c4)c(F)cc3C2)c(F)c1. The van der Waals surface area contributed by atoms with Gasteiger partial charge in [-0.1, -0.05) is 30.9 Å². The van der Waals surface area contributed by atoms with E-state index in [9.17, 15) is 22.0 Å². The first-order chi connectivity index (χ1) is 14.9. The molecule has 5 heteroatoms. The Bertz CT molecular complexity index is 1190. The van der Waals surface area contributed by atoms with Crippen LogP contribution in [0.25, 0.3) is 0 Å². The predicted octanol–water partition coefficient (Wildman–Crippen LogP) is 6.62. The van der Waals surface area contributed by atoms with Gasteiger partial charge in [-0.25, -0.2) is 22.0 Å². The minimum absolute atomic E-state index is 0.0279. The lowest BCUT2D eigenvalue weighted by molar-refractivity contribution is 0.446. The molecule has 3 aromatic carbocycles. The fourth-order valence-electron chi connectivity index (χ4n) is 4.03. The van der Waals surface area contributed by atoms with E-state index in [1.807, 2.05) is 19.1 Å². The van der Waals surface area contributed by atoms with Crippen LogP contribution in [0.1, 0.15) is 52.6 Å². The van der Waals surface area contributed by atoms with Gasteiger partial charge in [-0.15, -0.1) is 0 Å². The first-order valence-corrected chi connectivity index (χ1v) is 10.1. The van der Waals surface area contributed by atoms with Crippen LogP contribution >= 0.6 is 0 Å². The third-order valence-electron chi connectivity index (χ3n) is 5.76. The van der Waals surface area contributed by atoms with Crippen molar-refractivity contribution in [2.45, 2.75) is 38.5 Å². The third kappa shape index (κ3) is 4.34. The summed E-state index contributed by atoms with van der Waals surface area (Å²) in [5.41, 5.74) is 3.32. The molecule has 0 heterocycles. The molecular formula is C26H19F5. The van der Waals surface area contributed by atoms with Crippen molar-refractivity contribution in [3.8, 4) is 11.8 Å². The Kier molecular flexibility index (Phi) is 5.82. The molecule has 0 spiro atoms. The molecule has 0 fully saturated rings. The summed E-state index contributed by atoms with van der Waals surface area (Å²) in [6.45, 7) is 1.97. The first-order valence-electron chi connectivity index (χ1n) is 10.1. The van der Waals surface area contributed by atoms with Crippen LogP contribution in [0.3, 0.4) is 0 Å². The van der Waals surface area contributed by atoms with Crippen LogP contribution in [0.5, 0.6) is 0 Å². The van der Waals surface area contributed by atoms with Gasteiger partial charge in [0.05, 0.1) is 5.56 Å². The van der Waals surface area contributed by atoms with E-state index >= 15 is 0 Å². The number of rotatable bonds is 2. The summed E-state index contributed by atoms with van der Waals surface area (Å²) < 4.78 is 68.9. The van der Waals surface area contributed by atoms with Gasteiger partial charge in [-0.2, -0.15) is 0 Å². The summed E-state index contributed by atoms with van der Waals surface area (Å²) in [5.74, 6) is -0.0148. The molecule has 158 valence electrons. The van der Waals surface area contributed by atoms with Gasteiger partial charge in [0.15, 0.2) is 17.5 Å². The molecule has 0 nitrogen and oxygen atoms in total. The Morgan fingerprint density at radius 2 is 1.55 bits per heavy atom. The van der Waals surface area contributed by atoms with E-state index < -0.39 is 23.3 Å². The van der Waals surface area contributed by atoms with E-state index in [2.05, 4.69) is 11.8 Å². The van der Waals surface area contributed by atoms with Crippen LogP contribution in [0.4, 0.5) is 22.0 Å². The van der Waals surface area contributed by atoms with Crippen LogP contribution < -0.4 is 0 Å². The lowest BCUT2D eigenvalue weighted by Crippen LogP contribution is -2.15. The summed E-state index contributed by atoms with van der Waals surface area (Å²) in [6.07, 6.45) is 2.65. The van der Waals surface area contributed by atoms with E-state index in [0.29, 0.717) is 18.4 Å². The van der Waals surface area contributed by atoms with Gasteiger partial charge >= 0.3 is 0 Å². The van der Waals surface area contributed by atoms with Crippen molar-refractivity contribution in [2.75, 3.05) is 0 Å². The van der Waals surface area contributed by atoms with E-state index in [-0.39, 0.29) is 22.9 Å². The third-order valence-corrected chi connectivity index (χ3v) is 5.76. The smallest absolute Gasteiger partial charge is 0.194 e. The van der Waals surface area contributed by atoms with Crippen LogP contribution in [0.15, 0.2) is 42.5 Å². The van der Waals surface area contributed by atoms with Crippen LogP contribution in [-0.2, 0) is 19.3 Å². The fourth-order valence-corrected chi connectivity index (χ4v) is 4.03. The first kappa shape index (κ1) is 21.1. The van der Waals surface area contributed by atoms with Gasteiger partial charge < -0.3 is 0 Å². The highest BCUT2D eigenvalue weighted by Gasteiger charge is 2.24. The van der Waals surface area contributed by atoms with E-state index in [1.54, 1.807) is 12.1 Å². The van der Waals surface area contributed by atoms with Crippen LogP contribution in [-0.4, -0.2) is 0 Å². The van der Waals surface area contributed by atoms with Crippen LogP contribution in [0, 0.1) is 40.9 Å². The summed E-state index contributed by atoms with van der Waals surface area (Å²) in [6, 6.07) is 9.87. The minimum atomic E-state index is -1.57. The molecule has 0 N–H and O–H groups in total. The standard InChI is InChI=1S/C26H19F5/c1-2-15-4-8-21(23(28)9-15)18-7-6-17-12-19(22(27)14-20(17)13-18)5-3-16-10-24(29)26(31)25(30)11-16/h4,8-12,14,18H,2,6-7,13H2,1H3. The topological polar surface area (TPSA) is 0 Å². The highest BCUT2D eigenvalue weighted by atomic mass is 19.2. The predicted molar refractivity (Wildman–Crippen MR) is 109 cm³/mol. The molecule has 0 saturated carbocycles. The minimum Gasteiger partial charge on any atom is -0.207 e. The number of hydrogen-bond donors (Lipinski definition) is 0. The molecule has 1 aliphatic rings. The molecule has 0 amide bonds. The zero-order chi connectivity index (χ0) is 22.1. The number of hydrogen-bond acceptors (Lipinski definition) is 0. The van der Waals surface area contributed by atoms with E-state index in [0.717, 1.165) is 41.7 Å². The Balaban J connectivity index is 1.59. The quantitative estimate of drug-likeness (QED) is 0.246. The van der Waals surface area contributed by atoms with Gasteiger partial charge in [0, 0.05) is 5.56 Å². The molecule has 0 saturated heterocycles. The van der Waals surface area contributed by atoms with Crippen molar-refractivity contribution < 1.29 is 22.0 Å². The molecule has 3 aromatic rings. The molecule has 1 unspecified atom stereocenters. The maximum atomic E-state index is 14.6. The van der Waals surface area contributed by atoms with Gasteiger partial charge in [-0.05, 0) is 84.2 Å². The number of halogens is 5. The molecule has 1 atom stereocenters. The number of benzene rings is 3. The lowest BCUT2D eigenvalue weighted by atomic mass is 9.79. The molecule has 0 radical (unpaired) electrons. The van der Waals surface area contributed by atoms with Crippen molar-refractivity contribution in [3.05, 3.63) is 105 Å². The molecule has 1 aliphatic carbocycles. The Labute approximate surface area is 177 Å². The largest absolute Gasteiger partial charge is 0.207 e. The second-order valence-corrected chi connectivity index (χ2v) is 7.75. The van der Waals surface area contributed by atoms with Gasteiger partial charge in [0.25, 0.3) is 0 Å². The summed E-state index contributed by atoms with van der Waals surface area (Å²) in [4.78, 5) is 0. The maximum Gasteiger partial charge on any atom is 0.194 e. The number of aryl methyl sites for hydroxylation is 2. The average molecular weight is 426 g/mol. The molecule has 0 aromatic heterocycles. The fraction of sp³-hybridized carbons (Fsp3) is 0.231. The molecule has 0 bridgehead atoms. The van der Waals surface area contributed by atoms with Crippen molar-refractivity contribution in [1.82, 2.24) is 0 Å². The molecular weight excluding hydrogens is 407 g/mol. The van der Waals surface area contributed by atoms with Crippen molar-refractivity contribution in [3.63, 3.8) is 0 Å². The molecule has 4 rings (SSSR count). The second-order valence-electron chi connectivity index (χ2n) is 7.75. The molecule has 31 heavy (non-hydrogen) atoms. The van der Waals surface area contributed by atoms with Crippen molar-refractivity contribution in [2.24, 2.45) is 0 Å². The Morgan fingerprint density at radius 1 is 0.806 bits per heavy atom. The summed E-state index contributed by atoms with van der Waals surface area (Å²) >= 11 is 0. The zero-order valence-corrected chi connectivity index (χ0v) is 16.8. The maximum absolute atomic E-state index is 14.6. The monoisotopic (exact) mass is 426 g/mol. The molecule has 0 aliphatic heterocycles. The zero-order valence-electron chi connectivity index (χ0n) is 16.8. The van der Waals surface area contributed by atoms with E-state index in [1.165, 1.54) is 6.07 Å². The normalized spacial score (nSPS) is 15.2. The second kappa shape index (κ2) is 8.55. The lowest BCUT2D eigenvalue weighted by Gasteiger charge is -2.26. The van der Waals surface area contributed by atoms with Gasteiger partial charge in [0.2, 0.25) is 0 Å².